The van der Waals surface area contributed by atoms with Crippen molar-refractivity contribution >= 4 is 23.4 Å². The summed E-state index contributed by atoms with van der Waals surface area (Å²) in [7, 11) is 0. The molecule has 0 aliphatic heterocycles. The van der Waals surface area contributed by atoms with E-state index >= 15 is 0 Å². The first-order chi connectivity index (χ1) is 19.1. The summed E-state index contributed by atoms with van der Waals surface area (Å²) < 4.78 is 1.45. The number of pyridine rings is 1. The van der Waals surface area contributed by atoms with E-state index in [-0.39, 0.29) is 22.7 Å². The molecule has 2 aromatic carbocycles. The van der Waals surface area contributed by atoms with Crippen molar-refractivity contribution in [2.24, 2.45) is 0 Å². The summed E-state index contributed by atoms with van der Waals surface area (Å²) >= 11 is 0. The smallest absolute Gasteiger partial charge is 0.267 e. The second-order valence-electron chi connectivity index (χ2n) is 9.89. The van der Waals surface area contributed by atoms with Gasteiger partial charge in [0, 0.05) is 25.3 Å². The zero-order chi connectivity index (χ0) is 27.0. The van der Waals surface area contributed by atoms with Gasteiger partial charge in [-0.25, -0.2) is 4.98 Å². The van der Waals surface area contributed by atoms with Crippen LogP contribution in [0.2, 0.25) is 0 Å². The molecule has 5 rings (SSSR count). The number of amides is 1. The number of carbonyl (C=O) groups is 1. The molecule has 0 unspecified atom stereocenters. The molecular formula is C32H31N5O2. The van der Waals surface area contributed by atoms with Crippen molar-refractivity contribution in [3.8, 4) is 6.07 Å². The average molecular weight is 518 g/mol. The van der Waals surface area contributed by atoms with Crippen molar-refractivity contribution in [1.29, 1.82) is 5.26 Å². The van der Waals surface area contributed by atoms with Crippen molar-refractivity contribution in [2.75, 3.05) is 4.90 Å². The topological polar surface area (TPSA) is 90.5 Å². The molecule has 2 aromatic heterocycles. The Bertz CT molecular complexity index is 1520. The molecule has 2 heterocycles. The third kappa shape index (κ3) is 6.24. The summed E-state index contributed by atoms with van der Waals surface area (Å²) in [5.74, 6) is -0.0253. The molecule has 7 heteroatoms. The molecule has 39 heavy (non-hydrogen) atoms. The van der Waals surface area contributed by atoms with E-state index in [1.165, 1.54) is 10.5 Å². The maximum Gasteiger partial charge on any atom is 0.267 e. The van der Waals surface area contributed by atoms with Gasteiger partial charge in [0.2, 0.25) is 0 Å². The molecule has 1 aliphatic carbocycles. The van der Waals surface area contributed by atoms with Crippen LogP contribution in [0.25, 0.3) is 11.7 Å². The second-order valence-corrected chi connectivity index (χ2v) is 9.89. The molecule has 0 atom stereocenters. The first-order valence-corrected chi connectivity index (χ1v) is 13.4. The zero-order valence-corrected chi connectivity index (χ0v) is 21.8. The van der Waals surface area contributed by atoms with E-state index in [1.54, 1.807) is 18.3 Å². The van der Waals surface area contributed by atoms with Gasteiger partial charge in [-0.1, -0.05) is 86.0 Å². The fourth-order valence-corrected chi connectivity index (χ4v) is 5.07. The Hall–Kier alpha value is -4.70. The van der Waals surface area contributed by atoms with Gasteiger partial charge in [-0.2, -0.15) is 5.26 Å². The number of nitriles is 1. The van der Waals surface area contributed by atoms with Crippen molar-refractivity contribution in [3.63, 3.8) is 0 Å². The van der Waals surface area contributed by atoms with Crippen LogP contribution >= 0.6 is 0 Å². The summed E-state index contributed by atoms with van der Waals surface area (Å²) in [6.07, 6.45) is 8.14. The van der Waals surface area contributed by atoms with Gasteiger partial charge in [0.25, 0.3) is 11.5 Å². The van der Waals surface area contributed by atoms with Crippen molar-refractivity contribution in [1.82, 2.24) is 14.7 Å². The molecule has 4 aromatic rings. The van der Waals surface area contributed by atoms with Crippen molar-refractivity contribution in [2.45, 2.75) is 51.2 Å². The fourth-order valence-electron chi connectivity index (χ4n) is 5.07. The molecule has 0 bridgehead atoms. The first-order valence-electron chi connectivity index (χ1n) is 13.4. The quantitative estimate of drug-likeness (QED) is 0.254. The third-order valence-corrected chi connectivity index (χ3v) is 7.08. The molecular weight excluding hydrogens is 486 g/mol. The fraction of sp³-hybridized carbons (Fsp3) is 0.250. The highest BCUT2D eigenvalue weighted by molar-refractivity contribution is 6.02. The third-order valence-electron chi connectivity index (χ3n) is 7.08. The van der Waals surface area contributed by atoms with Gasteiger partial charge in [-0.3, -0.25) is 14.0 Å². The number of aromatic nitrogens is 2. The highest BCUT2D eigenvalue weighted by Gasteiger charge is 2.22. The van der Waals surface area contributed by atoms with Gasteiger partial charge in [0.05, 0.1) is 5.56 Å². The van der Waals surface area contributed by atoms with Gasteiger partial charge in [0.1, 0.15) is 23.1 Å². The minimum absolute atomic E-state index is 0.0472. The van der Waals surface area contributed by atoms with Crippen LogP contribution in [-0.4, -0.2) is 21.3 Å². The lowest BCUT2D eigenvalue weighted by Crippen LogP contribution is -2.37. The summed E-state index contributed by atoms with van der Waals surface area (Å²) in [6, 6.07) is 27.4. The molecule has 0 saturated heterocycles. The van der Waals surface area contributed by atoms with E-state index in [0.29, 0.717) is 24.6 Å². The molecule has 0 radical (unpaired) electrons. The molecule has 0 spiro atoms. The molecule has 1 amide bonds. The summed E-state index contributed by atoms with van der Waals surface area (Å²) in [4.78, 5) is 33.9. The highest BCUT2D eigenvalue weighted by Crippen LogP contribution is 2.24. The van der Waals surface area contributed by atoms with Crippen LogP contribution in [0.3, 0.4) is 0 Å². The number of carbonyl (C=O) groups excluding carboxylic acids is 1. The van der Waals surface area contributed by atoms with E-state index in [2.05, 4.69) is 5.32 Å². The summed E-state index contributed by atoms with van der Waals surface area (Å²) in [5.41, 5.74) is 2.37. The predicted molar refractivity (Wildman–Crippen MR) is 153 cm³/mol. The van der Waals surface area contributed by atoms with Gasteiger partial charge in [-0.15, -0.1) is 0 Å². The van der Waals surface area contributed by atoms with Crippen LogP contribution in [0, 0.1) is 11.3 Å². The van der Waals surface area contributed by atoms with Crippen molar-refractivity contribution < 1.29 is 4.79 Å². The standard InChI is InChI=1S/C32H31N5O2/c33-21-26(31(38)34-27-16-8-3-9-17-27)20-28-30(35-29-18-10-11-19-37(29)32(28)39)36(22-24-12-4-1-5-13-24)23-25-14-6-2-7-15-25/h1-2,4-7,10-15,18-20,27H,3,8-9,16-17,22-23H2,(H,34,38). The van der Waals surface area contributed by atoms with Gasteiger partial charge in [0.15, 0.2) is 0 Å². The number of benzene rings is 2. The van der Waals surface area contributed by atoms with E-state index in [0.717, 1.165) is 43.2 Å². The van der Waals surface area contributed by atoms with Crippen LogP contribution in [0.15, 0.2) is 95.4 Å². The first kappa shape index (κ1) is 25.9. The molecule has 1 N–H and O–H groups in total. The summed E-state index contributed by atoms with van der Waals surface area (Å²) in [5, 5.41) is 13.0. The maximum absolute atomic E-state index is 13.8. The molecule has 1 aliphatic rings. The highest BCUT2D eigenvalue weighted by atomic mass is 16.2. The number of nitrogens with one attached hydrogen (secondary N) is 1. The largest absolute Gasteiger partial charge is 0.349 e. The number of nitrogens with zero attached hydrogens (tertiary/aromatic N) is 4. The van der Waals surface area contributed by atoms with Crippen LogP contribution in [-0.2, 0) is 17.9 Å². The van der Waals surface area contributed by atoms with Crippen LogP contribution in [0.1, 0.15) is 48.8 Å². The summed E-state index contributed by atoms with van der Waals surface area (Å²) in [6.45, 7) is 0.977. The van der Waals surface area contributed by atoms with E-state index in [1.807, 2.05) is 77.7 Å². The normalized spacial score (nSPS) is 14.1. The monoisotopic (exact) mass is 517 g/mol. The SMILES string of the molecule is N#CC(=Cc1c(N(Cc2ccccc2)Cc2ccccc2)nc2ccccn2c1=O)C(=O)NC1CCCCC1. The second kappa shape index (κ2) is 12.2. The van der Waals surface area contributed by atoms with E-state index < -0.39 is 5.91 Å². The lowest BCUT2D eigenvalue weighted by molar-refractivity contribution is -0.117. The number of fused-ring (bicyclic) bond motifs is 1. The Kier molecular flexibility index (Phi) is 8.13. The van der Waals surface area contributed by atoms with Gasteiger partial charge in [-0.05, 0) is 42.2 Å². The molecule has 196 valence electrons. The zero-order valence-electron chi connectivity index (χ0n) is 21.8. The van der Waals surface area contributed by atoms with E-state index in [4.69, 9.17) is 4.98 Å². The van der Waals surface area contributed by atoms with E-state index in [9.17, 15) is 14.9 Å². The molecule has 1 fully saturated rings. The number of anilines is 1. The van der Waals surface area contributed by atoms with Crippen LogP contribution < -0.4 is 15.8 Å². The Labute approximate surface area is 228 Å². The number of hydrogen-bond acceptors (Lipinski definition) is 5. The maximum atomic E-state index is 13.8. The average Bonchev–Trinajstić information content (AvgIpc) is 2.98. The Morgan fingerprint density at radius 1 is 0.949 bits per heavy atom. The Morgan fingerprint density at radius 2 is 1.56 bits per heavy atom. The van der Waals surface area contributed by atoms with Gasteiger partial charge >= 0.3 is 0 Å². The van der Waals surface area contributed by atoms with Crippen molar-refractivity contribution in [3.05, 3.63) is 118 Å². The van der Waals surface area contributed by atoms with Crippen LogP contribution in [0.5, 0.6) is 0 Å². The minimum Gasteiger partial charge on any atom is -0.349 e. The minimum atomic E-state index is -0.453. The molecule has 7 nitrogen and oxygen atoms in total. The number of rotatable bonds is 8. The predicted octanol–water partition coefficient (Wildman–Crippen LogP) is 5.26. The Balaban J connectivity index is 1.62. The molecule has 1 saturated carbocycles. The lowest BCUT2D eigenvalue weighted by Gasteiger charge is -2.26. The van der Waals surface area contributed by atoms with Gasteiger partial charge < -0.3 is 10.2 Å². The lowest BCUT2D eigenvalue weighted by atomic mass is 9.95. The number of hydrogen-bond donors (Lipinski definition) is 1. The van der Waals surface area contributed by atoms with Crippen LogP contribution in [0.4, 0.5) is 5.82 Å². The Morgan fingerprint density at radius 3 is 2.18 bits per heavy atom.